The van der Waals surface area contributed by atoms with Crippen LogP contribution in [0.5, 0.6) is 0 Å². The highest BCUT2D eigenvalue weighted by atomic mass is 35.7. The van der Waals surface area contributed by atoms with E-state index in [2.05, 4.69) is 4.52 Å². The van der Waals surface area contributed by atoms with E-state index >= 15 is 0 Å². The lowest BCUT2D eigenvalue weighted by atomic mass is 10.5. The Morgan fingerprint density at radius 3 is 2.88 bits per heavy atom. The molecule has 0 aliphatic rings. The normalized spacial score (nSPS) is 12.6. The number of hydrogen-bond donors (Lipinski definition) is 1. The monoisotopic (exact) mass is 153 g/mol. The fourth-order valence-corrected chi connectivity index (χ4v) is 0.616. The van der Waals surface area contributed by atoms with Crippen molar-refractivity contribution < 1.29 is 9.42 Å². The molecule has 1 unspecified atom stereocenters. The van der Waals surface area contributed by atoms with Crippen molar-refractivity contribution in [1.82, 2.24) is 0 Å². The average molecular weight is 154 g/mol. The van der Waals surface area contributed by atoms with Crippen LogP contribution in [-0.4, -0.2) is 11.5 Å². The second-order valence-electron chi connectivity index (χ2n) is 0.968. The third-order valence-electron chi connectivity index (χ3n) is 0.412. The molecule has 0 fully saturated rings. The first-order valence-electron chi connectivity index (χ1n) is 1.92. The second kappa shape index (κ2) is 5.27. The quantitative estimate of drug-likeness (QED) is 0.492. The van der Waals surface area contributed by atoms with E-state index < -0.39 is 7.73 Å². The van der Waals surface area contributed by atoms with Crippen LogP contribution in [0.2, 0.25) is 0 Å². The Balaban J connectivity index is 2.85. The molecule has 0 aliphatic carbocycles. The van der Waals surface area contributed by atoms with Gasteiger partial charge in [0.2, 0.25) is 0 Å². The molecule has 0 amide bonds. The van der Waals surface area contributed by atoms with Crippen LogP contribution in [0.1, 0.15) is 6.42 Å². The molecular weight excluding hydrogens is 148 g/mol. The lowest BCUT2D eigenvalue weighted by Crippen LogP contribution is -1.82. The summed E-state index contributed by atoms with van der Waals surface area (Å²) in [5.74, 6) is 0. The van der Waals surface area contributed by atoms with Gasteiger partial charge in [-0.1, -0.05) is 0 Å². The maximum absolute atomic E-state index is 8.28. The molecule has 3 nitrogen and oxygen atoms in total. The van der Waals surface area contributed by atoms with Crippen LogP contribution in [0, 0.1) is 11.3 Å². The van der Waals surface area contributed by atoms with Gasteiger partial charge in [0.15, 0.2) is 0 Å². The molecule has 0 radical (unpaired) electrons. The van der Waals surface area contributed by atoms with Crippen molar-refractivity contribution in [1.29, 1.82) is 5.26 Å². The van der Waals surface area contributed by atoms with Crippen molar-refractivity contribution in [3.05, 3.63) is 0 Å². The number of rotatable bonds is 3. The average Bonchev–Trinajstić information content (AvgIpc) is 1.66. The lowest BCUT2D eigenvalue weighted by Gasteiger charge is -1.96. The number of hydrogen-bond acceptors (Lipinski definition) is 3. The molecule has 0 saturated heterocycles. The summed E-state index contributed by atoms with van der Waals surface area (Å²) in [5.41, 5.74) is 0. The standard InChI is InChI=1S/C3H5ClNO2P/c4-8(6)7-3-1-2-5/h6H,1,3H2. The van der Waals surface area contributed by atoms with Gasteiger partial charge in [-0.2, -0.15) is 5.26 Å². The van der Waals surface area contributed by atoms with Gasteiger partial charge in [0.05, 0.1) is 19.1 Å². The smallest absolute Gasteiger partial charge is 0.274 e. The molecular formula is C3H5ClNO2P. The largest absolute Gasteiger partial charge is 0.338 e. The molecule has 0 aliphatic heterocycles. The van der Waals surface area contributed by atoms with Crippen molar-refractivity contribution in [2.24, 2.45) is 0 Å². The van der Waals surface area contributed by atoms with E-state index in [4.69, 9.17) is 21.4 Å². The third kappa shape index (κ3) is 6.13. The highest BCUT2D eigenvalue weighted by molar-refractivity contribution is 7.75. The van der Waals surface area contributed by atoms with Gasteiger partial charge in [-0.15, -0.1) is 0 Å². The summed E-state index contributed by atoms with van der Waals surface area (Å²) < 4.78 is 4.45. The van der Waals surface area contributed by atoms with E-state index in [1.807, 2.05) is 6.07 Å². The SMILES string of the molecule is N#CCCOP(O)Cl. The van der Waals surface area contributed by atoms with Crippen LogP contribution in [0.4, 0.5) is 0 Å². The second-order valence-corrected chi connectivity index (χ2v) is 2.55. The molecule has 8 heavy (non-hydrogen) atoms. The number of halogens is 1. The molecule has 1 atom stereocenters. The fourth-order valence-electron chi connectivity index (χ4n) is 0.167. The molecule has 0 aromatic carbocycles. The highest BCUT2D eigenvalue weighted by Gasteiger charge is 1.95. The van der Waals surface area contributed by atoms with Gasteiger partial charge < -0.3 is 9.42 Å². The summed E-state index contributed by atoms with van der Waals surface area (Å²) in [6.07, 6.45) is 0.270. The Morgan fingerprint density at radius 2 is 2.50 bits per heavy atom. The zero-order chi connectivity index (χ0) is 6.41. The Morgan fingerprint density at radius 1 is 1.88 bits per heavy atom. The van der Waals surface area contributed by atoms with Crippen LogP contribution in [0.15, 0.2) is 0 Å². The molecule has 1 N–H and O–H groups in total. The minimum absolute atomic E-state index is 0.211. The molecule has 46 valence electrons. The summed E-state index contributed by atoms with van der Waals surface area (Å²) in [4.78, 5) is 8.28. The van der Waals surface area contributed by atoms with Crippen LogP contribution < -0.4 is 0 Å². The van der Waals surface area contributed by atoms with Gasteiger partial charge in [-0.3, -0.25) is 0 Å². The molecule has 0 heterocycles. The summed E-state index contributed by atoms with van der Waals surface area (Å²) in [5, 5.41) is 7.93. The molecule has 0 aromatic heterocycles. The first-order chi connectivity index (χ1) is 3.77. The molecule has 0 spiro atoms. The van der Waals surface area contributed by atoms with Crippen molar-refractivity contribution in [3.63, 3.8) is 0 Å². The van der Waals surface area contributed by atoms with E-state index in [0.29, 0.717) is 0 Å². The van der Waals surface area contributed by atoms with Crippen LogP contribution in [0.25, 0.3) is 0 Å². The molecule has 0 saturated carbocycles. The maximum Gasteiger partial charge on any atom is 0.274 e. The Hall–Kier alpha value is 0.130. The van der Waals surface area contributed by atoms with Crippen LogP contribution in [-0.2, 0) is 4.52 Å². The van der Waals surface area contributed by atoms with E-state index in [1.165, 1.54) is 0 Å². The van der Waals surface area contributed by atoms with E-state index in [-0.39, 0.29) is 13.0 Å². The van der Waals surface area contributed by atoms with Crippen molar-refractivity contribution in [2.75, 3.05) is 6.61 Å². The van der Waals surface area contributed by atoms with Gasteiger partial charge in [-0.05, 0) is 11.2 Å². The van der Waals surface area contributed by atoms with E-state index in [9.17, 15) is 0 Å². The number of nitriles is 1. The van der Waals surface area contributed by atoms with Crippen LogP contribution >= 0.6 is 19.0 Å². The van der Waals surface area contributed by atoms with Gasteiger partial charge in [0, 0.05) is 0 Å². The van der Waals surface area contributed by atoms with Crippen LogP contribution in [0.3, 0.4) is 0 Å². The zero-order valence-corrected chi connectivity index (χ0v) is 5.69. The van der Waals surface area contributed by atoms with Crippen molar-refractivity contribution in [2.45, 2.75) is 6.42 Å². The van der Waals surface area contributed by atoms with Gasteiger partial charge >= 0.3 is 0 Å². The minimum Gasteiger partial charge on any atom is -0.338 e. The first kappa shape index (κ1) is 8.13. The Labute approximate surface area is 53.5 Å². The first-order valence-corrected chi connectivity index (χ1v) is 4.03. The highest BCUT2D eigenvalue weighted by Crippen LogP contribution is 2.36. The van der Waals surface area contributed by atoms with Gasteiger partial charge in [0.1, 0.15) is 0 Å². The van der Waals surface area contributed by atoms with E-state index in [0.717, 1.165) is 0 Å². The molecule has 0 bridgehead atoms. The summed E-state index contributed by atoms with van der Waals surface area (Å²) in [7, 11) is -1.79. The zero-order valence-electron chi connectivity index (χ0n) is 4.04. The maximum atomic E-state index is 8.28. The van der Waals surface area contributed by atoms with Crippen molar-refractivity contribution >= 4 is 19.0 Å². The third-order valence-corrected chi connectivity index (χ3v) is 1.10. The Bertz CT molecular complexity index is 91.8. The topological polar surface area (TPSA) is 53.2 Å². The summed E-state index contributed by atoms with van der Waals surface area (Å²) >= 11 is 5.00. The van der Waals surface area contributed by atoms with Gasteiger partial charge in [0.25, 0.3) is 7.73 Å². The Kier molecular flexibility index (Phi) is 5.36. The number of nitrogens with zero attached hydrogens (tertiary/aromatic N) is 1. The van der Waals surface area contributed by atoms with Gasteiger partial charge in [-0.25, -0.2) is 0 Å². The summed E-state index contributed by atoms with van der Waals surface area (Å²) in [6, 6.07) is 1.84. The molecule has 0 aromatic rings. The minimum atomic E-state index is -1.79. The van der Waals surface area contributed by atoms with Crippen molar-refractivity contribution in [3.8, 4) is 6.07 Å². The summed E-state index contributed by atoms with van der Waals surface area (Å²) in [6.45, 7) is 0.211. The molecule has 5 heteroatoms. The lowest BCUT2D eigenvalue weighted by molar-refractivity contribution is 0.329. The predicted octanol–water partition coefficient (Wildman–Crippen LogP) is 1.37. The van der Waals surface area contributed by atoms with E-state index in [1.54, 1.807) is 0 Å². The predicted molar refractivity (Wildman–Crippen MR) is 31.2 cm³/mol. The molecule has 0 rings (SSSR count). The fraction of sp³-hybridized carbons (Fsp3) is 0.667.